The van der Waals surface area contributed by atoms with Crippen LogP contribution in [-0.4, -0.2) is 82.3 Å². The Balaban J connectivity index is 1.59. The van der Waals surface area contributed by atoms with Crippen molar-refractivity contribution in [1.82, 2.24) is 15.1 Å². The van der Waals surface area contributed by atoms with E-state index >= 15 is 0 Å². The summed E-state index contributed by atoms with van der Waals surface area (Å²) in [5.74, 6) is 1.56. The zero-order valence-electron chi connectivity index (χ0n) is 15.7. The average Bonchev–Trinajstić information content (AvgIpc) is 2.70. The van der Waals surface area contributed by atoms with Crippen LogP contribution in [-0.2, 0) is 4.79 Å². The van der Waals surface area contributed by atoms with Gasteiger partial charge in [-0.3, -0.25) is 14.6 Å². The number of rotatable bonds is 7. The van der Waals surface area contributed by atoms with E-state index in [0.29, 0.717) is 29.8 Å². The summed E-state index contributed by atoms with van der Waals surface area (Å²) < 4.78 is 16.0. The highest BCUT2D eigenvalue weighted by Crippen LogP contribution is 2.38. The third-order valence-corrected chi connectivity index (χ3v) is 5.02. The molecule has 1 aromatic rings. The number of ether oxygens (including phenoxy) is 3. The van der Waals surface area contributed by atoms with Gasteiger partial charge in [-0.05, 0) is 23.8 Å². The van der Waals surface area contributed by atoms with E-state index in [-0.39, 0.29) is 5.91 Å². The number of nitrogens with zero attached hydrogens (tertiary/aromatic N) is 2. The molecule has 1 amide bonds. The van der Waals surface area contributed by atoms with Crippen molar-refractivity contribution in [3.8, 4) is 17.2 Å². The number of methoxy groups -OCH3 is 3. The van der Waals surface area contributed by atoms with Gasteiger partial charge in [-0.15, -0.1) is 0 Å². The highest BCUT2D eigenvalue weighted by Gasteiger charge is 2.31. The van der Waals surface area contributed by atoms with Crippen LogP contribution < -0.4 is 19.5 Å². The molecule has 142 valence electrons. The monoisotopic (exact) mass is 361 g/mol. The minimum Gasteiger partial charge on any atom is -0.493 e. The highest BCUT2D eigenvalue weighted by molar-refractivity contribution is 5.91. The van der Waals surface area contributed by atoms with Crippen molar-refractivity contribution in [2.45, 2.75) is 6.04 Å². The molecule has 0 radical (unpaired) electrons. The van der Waals surface area contributed by atoms with Gasteiger partial charge in [0.1, 0.15) is 0 Å². The van der Waals surface area contributed by atoms with Crippen LogP contribution in [0.25, 0.3) is 6.08 Å². The number of amides is 1. The van der Waals surface area contributed by atoms with Crippen molar-refractivity contribution in [3.63, 3.8) is 0 Å². The van der Waals surface area contributed by atoms with Crippen LogP contribution in [0.2, 0.25) is 0 Å². The number of benzene rings is 1. The number of hydrogen-bond acceptors (Lipinski definition) is 6. The Morgan fingerprint density at radius 2 is 1.77 bits per heavy atom. The molecule has 3 aliphatic rings. The van der Waals surface area contributed by atoms with Crippen LogP contribution in [0, 0.1) is 0 Å². The molecular formula is C19H27N3O4. The van der Waals surface area contributed by atoms with Gasteiger partial charge in [-0.1, -0.05) is 0 Å². The first-order chi connectivity index (χ1) is 12.6. The molecule has 2 bridgehead atoms. The van der Waals surface area contributed by atoms with Gasteiger partial charge < -0.3 is 19.5 Å². The fraction of sp³-hybridized carbons (Fsp3) is 0.526. The molecule has 26 heavy (non-hydrogen) atoms. The van der Waals surface area contributed by atoms with Crippen LogP contribution in [0.5, 0.6) is 17.2 Å². The summed E-state index contributed by atoms with van der Waals surface area (Å²) in [6.45, 7) is 6.20. The fourth-order valence-corrected chi connectivity index (χ4v) is 3.57. The zero-order valence-corrected chi connectivity index (χ0v) is 15.7. The van der Waals surface area contributed by atoms with Crippen LogP contribution in [0.3, 0.4) is 0 Å². The Bertz CT molecular complexity index is 644. The minimum atomic E-state index is -0.101. The van der Waals surface area contributed by atoms with Crippen molar-refractivity contribution in [1.29, 1.82) is 0 Å². The molecule has 3 heterocycles. The maximum atomic E-state index is 12.2. The molecule has 3 aliphatic heterocycles. The second-order valence-corrected chi connectivity index (χ2v) is 6.53. The number of carbonyl (C=O) groups excluding carboxylic acids is 1. The molecule has 4 rings (SSSR count). The number of fused-ring (bicyclic) bond motifs is 3. The van der Waals surface area contributed by atoms with Crippen molar-refractivity contribution in [2.24, 2.45) is 0 Å². The summed E-state index contributed by atoms with van der Waals surface area (Å²) in [4.78, 5) is 17.1. The molecular weight excluding hydrogens is 334 g/mol. The topological polar surface area (TPSA) is 63.3 Å². The molecule has 1 atom stereocenters. The normalized spacial score (nSPS) is 24.5. The van der Waals surface area contributed by atoms with Gasteiger partial charge in [0.05, 0.1) is 21.3 Å². The summed E-state index contributed by atoms with van der Waals surface area (Å²) in [6, 6.07) is 4.03. The molecule has 0 saturated carbocycles. The van der Waals surface area contributed by atoms with E-state index in [1.165, 1.54) is 6.08 Å². The maximum absolute atomic E-state index is 12.2. The Hall–Kier alpha value is -2.25. The van der Waals surface area contributed by atoms with Gasteiger partial charge >= 0.3 is 0 Å². The SMILES string of the molecule is COc1cc(/C=C/C(=O)NCC2CN3CCN2CC3)cc(OC)c1OC. The summed E-state index contributed by atoms with van der Waals surface area (Å²) >= 11 is 0. The van der Waals surface area contributed by atoms with E-state index < -0.39 is 0 Å². The Kier molecular flexibility index (Phi) is 6.00. The van der Waals surface area contributed by atoms with E-state index in [4.69, 9.17) is 14.2 Å². The maximum Gasteiger partial charge on any atom is 0.244 e. The lowest BCUT2D eigenvalue weighted by Crippen LogP contribution is -2.63. The number of nitrogens with one attached hydrogen (secondary N) is 1. The molecule has 1 aromatic carbocycles. The molecule has 0 aliphatic carbocycles. The predicted octanol–water partition coefficient (Wildman–Crippen LogP) is 0.842. The largest absolute Gasteiger partial charge is 0.493 e. The smallest absolute Gasteiger partial charge is 0.244 e. The number of piperazine rings is 3. The number of hydrogen-bond donors (Lipinski definition) is 1. The highest BCUT2D eigenvalue weighted by atomic mass is 16.5. The zero-order chi connectivity index (χ0) is 18.5. The molecule has 3 saturated heterocycles. The lowest BCUT2D eigenvalue weighted by Gasteiger charge is -2.47. The van der Waals surface area contributed by atoms with Crippen molar-refractivity contribution >= 4 is 12.0 Å². The van der Waals surface area contributed by atoms with E-state index in [1.54, 1.807) is 27.4 Å². The summed E-state index contributed by atoms with van der Waals surface area (Å²) in [5.41, 5.74) is 0.807. The van der Waals surface area contributed by atoms with E-state index in [0.717, 1.165) is 38.3 Å². The first-order valence-electron chi connectivity index (χ1n) is 8.87. The van der Waals surface area contributed by atoms with Crippen LogP contribution in [0.4, 0.5) is 0 Å². The minimum absolute atomic E-state index is 0.101. The quantitative estimate of drug-likeness (QED) is 0.727. The molecule has 7 heteroatoms. The summed E-state index contributed by atoms with van der Waals surface area (Å²) in [7, 11) is 4.70. The molecule has 1 N–H and O–H groups in total. The van der Waals surface area contributed by atoms with Gasteiger partial charge in [0.15, 0.2) is 11.5 Å². The molecule has 1 unspecified atom stereocenters. The van der Waals surface area contributed by atoms with Crippen LogP contribution >= 0.6 is 0 Å². The lowest BCUT2D eigenvalue weighted by molar-refractivity contribution is -0.117. The van der Waals surface area contributed by atoms with Crippen molar-refractivity contribution in [2.75, 3.05) is 60.6 Å². The average molecular weight is 361 g/mol. The summed E-state index contributed by atoms with van der Waals surface area (Å²) in [6.07, 6.45) is 3.29. The Morgan fingerprint density at radius 3 is 2.27 bits per heavy atom. The van der Waals surface area contributed by atoms with Crippen LogP contribution in [0.15, 0.2) is 18.2 Å². The number of carbonyl (C=O) groups is 1. The second kappa shape index (κ2) is 8.42. The van der Waals surface area contributed by atoms with Gasteiger partial charge in [0.25, 0.3) is 0 Å². The van der Waals surface area contributed by atoms with Gasteiger partial charge in [-0.2, -0.15) is 0 Å². The van der Waals surface area contributed by atoms with Gasteiger partial charge in [-0.25, -0.2) is 0 Å². The molecule has 3 fully saturated rings. The van der Waals surface area contributed by atoms with E-state index in [9.17, 15) is 4.79 Å². The first-order valence-corrected chi connectivity index (χ1v) is 8.87. The van der Waals surface area contributed by atoms with Gasteiger partial charge in [0, 0.05) is 51.4 Å². The van der Waals surface area contributed by atoms with Crippen LogP contribution in [0.1, 0.15) is 5.56 Å². The third kappa shape index (κ3) is 4.11. The van der Waals surface area contributed by atoms with Gasteiger partial charge in [0.2, 0.25) is 11.7 Å². The first kappa shape index (κ1) is 18.5. The molecule has 0 spiro atoms. The van der Waals surface area contributed by atoms with E-state index in [2.05, 4.69) is 15.1 Å². The predicted molar refractivity (Wildman–Crippen MR) is 99.9 cm³/mol. The molecule has 7 nitrogen and oxygen atoms in total. The Labute approximate surface area is 154 Å². The summed E-state index contributed by atoms with van der Waals surface area (Å²) in [5, 5.41) is 3.01. The third-order valence-electron chi connectivity index (χ3n) is 5.02. The Morgan fingerprint density at radius 1 is 1.12 bits per heavy atom. The fourth-order valence-electron chi connectivity index (χ4n) is 3.57. The van der Waals surface area contributed by atoms with E-state index in [1.807, 2.05) is 12.1 Å². The van der Waals surface area contributed by atoms with Crippen molar-refractivity contribution in [3.05, 3.63) is 23.8 Å². The lowest BCUT2D eigenvalue weighted by atomic mass is 10.1. The second-order valence-electron chi connectivity index (χ2n) is 6.53. The standard InChI is InChI=1S/C19H27N3O4/c1-24-16-10-14(11-17(25-2)19(16)26-3)4-5-18(23)20-12-15-13-21-6-8-22(15)9-7-21/h4-5,10-11,15H,6-9,12-13H2,1-3H3,(H,20,23)/b5-4+. The molecule has 0 aromatic heterocycles. The van der Waals surface area contributed by atoms with Crippen molar-refractivity contribution < 1.29 is 19.0 Å².